The Hall–Kier alpha value is -3.53. The van der Waals surface area contributed by atoms with E-state index >= 15 is 0 Å². The van der Waals surface area contributed by atoms with Crippen molar-refractivity contribution in [2.45, 2.75) is 32.4 Å². The fourth-order valence-corrected chi connectivity index (χ4v) is 5.31. The van der Waals surface area contributed by atoms with Gasteiger partial charge in [0, 0.05) is 63.4 Å². The summed E-state index contributed by atoms with van der Waals surface area (Å²) in [6.45, 7) is 7.22. The molecule has 0 radical (unpaired) electrons. The first kappa shape index (κ1) is 27.1. The van der Waals surface area contributed by atoms with Crippen LogP contribution in [0.5, 0.6) is 5.75 Å². The average molecular weight is 533 g/mol. The largest absolute Gasteiger partial charge is 0.497 e. The molecule has 1 aliphatic heterocycles. The molecule has 5 rings (SSSR count). The molecule has 1 amide bonds. The van der Waals surface area contributed by atoms with E-state index in [4.69, 9.17) is 14.2 Å². The van der Waals surface area contributed by atoms with Crippen LogP contribution in [0.25, 0.3) is 22.3 Å². The molecule has 1 saturated heterocycles. The van der Waals surface area contributed by atoms with E-state index in [2.05, 4.69) is 22.1 Å². The molecular formula is C30H36N4O5. The molecule has 1 aromatic carbocycles. The maximum atomic E-state index is 14.1. The molecule has 1 unspecified atom stereocenters. The Bertz CT molecular complexity index is 1350. The van der Waals surface area contributed by atoms with Gasteiger partial charge in [0.2, 0.25) is 5.91 Å². The second-order valence-electron chi connectivity index (χ2n) is 9.89. The number of pyridine rings is 2. The van der Waals surface area contributed by atoms with E-state index in [9.17, 15) is 9.59 Å². The summed E-state index contributed by atoms with van der Waals surface area (Å²) in [5.41, 5.74) is 4.34. The third-order valence-corrected chi connectivity index (χ3v) is 7.30. The molecule has 206 valence electrons. The third-order valence-electron chi connectivity index (χ3n) is 7.30. The molecular weight excluding hydrogens is 496 g/mol. The summed E-state index contributed by atoms with van der Waals surface area (Å²) in [6.07, 6.45) is 6.41. The Labute approximate surface area is 228 Å². The lowest BCUT2D eigenvalue weighted by molar-refractivity contribution is -0.121. The number of carbonyl (C=O) groups is 1. The number of methoxy groups -OCH3 is 1. The second-order valence-corrected chi connectivity index (χ2v) is 9.89. The molecule has 9 nitrogen and oxygen atoms in total. The molecule has 0 bridgehead atoms. The topological polar surface area (TPSA) is 94.9 Å². The summed E-state index contributed by atoms with van der Waals surface area (Å²) in [6, 6.07) is 9.30. The number of amides is 1. The van der Waals surface area contributed by atoms with Gasteiger partial charge >= 0.3 is 0 Å². The van der Waals surface area contributed by atoms with Gasteiger partial charge in [-0.05, 0) is 41.3 Å². The molecule has 1 atom stereocenters. The highest BCUT2D eigenvalue weighted by atomic mass is 16.5. The number of hydrogen-bond donors (Lipinski definition) is 1. The molecule has 9 heteroatoms. The van der Waals surface area contributed by atoms with Crippen molar-refractivity contribution in [2.75, 3.05) is 53.1 Å². The first-order chi connectivity index (χ1) is 19.1. The predicted octanol–water partition coefficient (Wildman–Crippen LogP) is 3.06. The van der Waals surface area contributed by atoms with Crippen LogP contribution in [0.3, 0.4) is 0 Å². The monoisotopic (exact) mass is 532 g/mol. The number of fused-ring (bicyclic) bond motifs is 3. The smallest absolute Gasteiger partial charge is 0.239 e. The summed E-state index contributed by atoms with van der Waals surface area (Å²) in [4.78, 5) is 33.9. The molecule has 0 saturated carbocycles. The lowest BCUT2D eigenvalue weighted by atomic mass is 9.85. The van der Waals surface area contributed by atoms with Gasteiger partial charge in [0.25, 0.3) is 0 Å². The number of aromatic nitrogens is 2. The first-order valence-corrected chi connectivity index (χ1v) is 13.6. The minimum Gasteiger partial charge on any atom is -0.497 e. The Morgan fingerprint density at radius 2 is 1.95 bits per heavy atom. The quantitative estimate of drug-likeness (QED) is 0.429. The van der Waals surface area contributed by atoms with E-state index in [1.54, 1.807) is 19.5 Å². The summed E-state index contributed by atoms with van der Waals surface area (Å²) in [5, 5.41) is 3.06. The SMILES string of the molecule is CCCOC1Cc2cnccc2-c2c1n(CC(=O)NCCN1CCOCC1)cc(-c1ccc(OC)cc1)c2=O. The number of nitrogens with zero attached hydrogens (tertiary/aromatic N) is 3. The van der Waals surface area contributed by atoms with Gasteiger partial charge in [-0.25, -0.2) is 0 Å². The number of hydrogen-bond acceptors (Lipinski definition) is 7. The Morgan fingerprint density at radius 1 is 1.15 bits per heavy atom. The molecule has 1 N–H and O–H groups in total. The van der Waals surface area contributed by atoms with E-state index in [0.717, 1.165) is 61.7 Å². The highest BCUT2D eigenvalue weighted by Crippen LogP contribution is 2.39. The van der Waals surface area contributed by atoms with Gasteiger partial charge in [-0.2, -0.15) is 0 Å². The summed E-state index contributed by atoms with van der Waals surface area (Å²) >= 11 is 0. The predicted molar refractivity (Wildman–Crippen MR) is 149 cm³/mol. The van der Waals surface area contributed by atoms with Crippen LogP contribution >= 0.6 is 0 Å². The van der Waals surface area contributed by atoms with Crippen LogP contribution in [-0.2, 0) is 27.2 Å². The van der Waals surface area contributed by atoms with Crippen LogP contribution in [0.4, 0.5) is 0 Å². The van der Waals surface area contributed by atoms with E-state index < -0.39 is 0 Å². The molecule has 2 aromatic heterocycles. The number of carbonyl (C=O) groups excluding carboxylic acids is 1. The zero-order valence-electron chi connectivity index (χ0n) is 22.7. The molecule has 1 aliphatic carbocycles. The Balaban J connectivity index is 1.53. The average Bonchev–Trinajstić information content (AvgIpc) is 2.97. The number of morpholine rings is 1. The first-order valence-electron chi connectivity index (χ1n) is 13.6. The van der Waals surface area contributed by atoms with Gasteiger partial charge in [0.1, 0.15) is 18.4 Å². The normalized spacial score (nSPS) is 16.8. The highest BCUT2D eigenvalue weighted by molar-refractivity contribution is 5.80. The molecule has 3 heterocycles. The van der Waals surface area contributed by atoms with Crippen molar-refractivity contribution < 1.29 is 19.0 Å². The van der Waals surface area contributed by atoms with Gasteiger partial charge in [-0.15, -0.1) is 0 Å². The fourth-order valence-electron chi connectivity index (χ4n) is 5.31. The van der Waals surface area contributed by atoms with Crippen molar-refractivity contribution >= 4 is 5.91 Å². The maximum Gasteiger partial charge on any atom is 0.239 e. The second kappa shape index (κ2) is 12.5. The van der Waals surface area contributed by atoms with Crippen LogP contribution in [0.2, 0.25) is 0 Å². The van der Waals surface area contributed by atoms with Crippen LogP contribution in [0.1, 0.15) is 30.7 Å². The van der Waals surface area contributed by atoms with Crippen LogP contribution in [-0.4, -0.2) is 73.5 Å². The molecule has 2 aliphatic rings. The number of nitrogens with one attached hydrogen (secondary N) is 1. The highest BCUT2D eigenvalue weighted by Gasteiger charge is 2.32. The van der Waals surface area contributed by atoms with Gasteiger partial charge in [0.15, 0.2) is 5.43 Å². The Kier molecular flexibility index (Phi) is 8.71. The molecule has 1 fully saturated rings. The standard InChI is InChI=1S/C30H36N4O5/c1-3-14-39-26-17-22-18-31-9-8-24(22)28-29(26)34(20-27(35)32-10-11-33-12-15-38-16-13-33)19-25(30(28)36)21-4-6-23(37-2)7-5-21/h4-9,18-19,26H,3,10-17,20H2,1-2H3,(H,32,35). The van der Waals surface area contributed by atoms with Crippen molar-refractivity contribution in [3.8, 4) is 28.0 Å². The van der Waals surface area contributed by atoms with Crippen molar-refractivity contribution in [3.05, 3.63) is 70.4 Å². The van der Waals surface area contributed by atoms with E-state index in [1.807, 2.05) is 41.1 Å². The minimum absolute atomic E-state index is 0.0846. The lowest BCUT2D eigenvalue weighted by Crippen LogP contribution is -2.42. The van der Waals surface area contributed by atoms with Gasteiger partial charge in [0.05, 0.1) is 31.6 Å². The maximum absolute atomic E-state index is 14.1. The van der Waals surface area contributed by atoms with Crippen molar-refractivity contribution in [1.82, 2.24) is 19.8 Å². The van der Waals surface area contributed by atoms with Gasteiger partial charge in [-0.1, -0.05) is 19.1 Å². The Morgan fingerprint density at radius 3 is 2.69 bits per heavy atom. The summed E-state index contributed by atoms with van der Waals surface area (Å²) in [5.74, 6) is 0.602. The van der Waals surface area contributed by atoms with Crippen LogP contribution in [0.15, 0.2) is 53.7 Å². The van der Waals surface area contributed by atoms with Crippen molar-refractivity contribution in [3.63, 3.8) is 0 Å². The fraction of sp³-hybridized carbons (Fsp3) is 0.433. The lowest BCUT2D eigenvalue weighted by Gasteiger charge is -2.31. The van der Waals surface area contributed by atoms with E-state index in [1.165, 1.54) is 0 Å². The van der Waals surface area contributed by atoms with E-state index in [-0.39, 0.29) is 24.0 Å². The number of ether oxygens (including phenoxy) is 3. The zero-order chi connectivity index (χ0) is 27.2. The number of rotatable bonds is 10. The van der Waals surface area contributed by atoms with Crippen molar-refractivity contribution in [2.24, 2.45) is 0 Å². The van der Waals surface area contributed by atoms with Gasteiger partial charge < -0.3 is 24.1 Å². The minimum atomic E-state index is -0.351. The molecule has 0 spiro atoms. The summed E-state index contributed by atoms with van der Waals surface area (Å²) in [7, 11) is 1.61. The van der Waals surface area contributed by atoms with Crippen LogP contribution in [0, 0.1) is 0 Å². The third kappa shape index (κ3) is 6.06. The van der Waals surface area contributed by atoms with Crippen molar-refractivity contribution in [1.29, 1.82) is 0 Å². The number of benzene rings is 1. The van der Waals surface area contributed by atoms with Crippen LogP contribution < -0.4 is 15.5 Å². The molecule has 39 heavy (non-hydrogen) atoms. The van der Waals surface area contributed by atoms with Gasteiger partial charge in [-0.3, -0.25) is 19.5 Å². The molecule has 3 aromatic rings. The zero-order valence-corrected chi connectivity index (χ0v) is 22.7. The summed E-state index contributed by atoms with van der Waals surface area (Å²) < 4.78 is 18.9. The van der Waals surface area contributed by atoms with E-state index in [0.29, 0.717) is 36.4 Å².